The summed E-state index contributed by atoms with van der Waals surface area (Å²) in [5.74, 6) is 11.1. The number of rotatable bonds is 27. The van der Waals surface area contributed by atoms with Gasteiger partial charge in [-0.3, -0.25) is 0 Å². The van der Waals surface area contributed by atoms with E-state index in [0.717, 1.165) is 59.9 Å². The molecule has 1 aromatic carbocycles. The molecule has 5 unspecified atom stereocenters. The van der Waals surface area contributed by atoms with Crippen molar-refractivity contribution in [1.29, 1.82) is 0 Å². The molecular formula is C34H58O4S4. The molecule has 4 nitrogen and oxygen atoms in total. The fourth-order valence-corrected chi connectivity index (χ4v) is 9.21. The zero-order valence-corrected chi connectivity index (χ0v) is 30.0. The normalized spacial score (nSPS) is 17.9. The maximum atomic E-state index is 11.2. The third-order valence-corrected chi connectivity index (χ3v) is 12.2. The van der Waals surface area contributed by atoms with Gasteiger partial charge in [-0.05, 0) is 97.3 Å². The summed E-state index contributed by atoms with van der Waals surface area (Å²) in [7, 11) is 0. The Morgan fingerprint density at radius 3 is 2.10 bits per heavy atom. The summed E-state index contributed by atoms with van der Waals surface area (Å²) in [6.07, 6.45) is 9.77. The van der Waals surface area contributed by atoms with Gasteiger partial charge in [-0.1, -0.05) is 58.7 Å². The number of hydrogen-bond acceptors (Lipinski definition) is 8. The quantitative estimate of drug-likeness (QED) is 0.0526. The molecule has 1 aromatic rings. The lowest BCUT2D eigenvalue weighted by Gasteiger charge is -2.25. The van der Waals surface area contributed by atoms with Crippen molar-refractivity contribution in [3.8, 4) is 0 Å². The first-order valence-corrected chi connectivity index (χ1v) is 20.8. The monoisotopic (exact) mass is 658 g/mol. The smallest absolute Gasteiger partial charge is 0.430 e. The van der Waals surface area contributed by atoms with Crippen LogP contribution in [0.4, 0.5) is 4.79 Å². The number of thioether (sulfide) groups is 4. The van der Waals surface area contributed by atoms with Crippen LogP contribution in [-0.4, -0.2) is 72.3 Å². The van der Waals surface area contributed by atoms with E-state index >= 15 is 0 Å². The van der Waals surface area contributed by atoms with Crippen molar-refractivity contribution in [3.63, 3.8) is 0 Å². The first kappa shape index (κ1) is 38.0. The molecule has 8 heteroatoms. The fraction of sp³-hybridized carbons (Fsp3) is 0.794. The molecule has 1 aliphatic heterocycles. The number of hydrogen-bond donors (Lipinski definition) is 0. The van der Waals surface area contributed by atoms with E-state index in [2.05, 4.69) is 69.8 Å². The molecular weight excluding hydrogens is 601 g/mol. The predicted octanol–water partition coefficient (Wildman–Crippen LogP) is 10.2. The van der Waals surface area contributed by atoms with Crippen LogP contribution in [0.2, 0.25) is 0 Å². The fourth-order valence-electron chi connectivity index (χ4n) is 5.07. The van der Waals surface area contributed by atoms with Gasteiger partial charge in [0, 0.05) is 22.2 Å². The molecule has 0 bridgehead atoms. The van der Waals surface area contributed by atoms with Crippen LogP contribution in [0.15, 0.2) is 35.2 Å². The van der Waals surface area contributed by atoms with Crippen LogP contribution in [0.5, 0.6) is 0 Å². The standard InChI is InChI=1S/C34H58O4S4/c1-5-28(3)12-18-39-22-16-36-17-23-40-19-13-29(4)24-31(15-21-42-33-10-8-7-9-11-33)25-30(6-2)14-20-41-27-32-26-37-34(35)38-32/h7-11,28-32H,5-6,12-27H2,1-4H3. The molecule has 242 valence electrons. The Morgan fingerprint density at radius 1 is 0.786 bits per heavy atom. The van der Waals surface area contributed by atoms with E-state index in [9.17, 15) is 4.79 Å². The molecule has 0 spiro atoms. The van der Waals surface area contributed by atoms with Crippen LogP contribution in [0.25, 0.3) is 0 Å². The Balaban J connectivity index is 1.64. The Labute approximate surface area is 275 Å². The highest BCUT2D eigenvalue weighted by molar-refractivity contribution is 7.99. The van der Waals surface area contributed by atoms with E-state index in [4.69, 9.17) is 14.2 Å². The first-order chi connectivity index (χ1) is 20.5. The van der Waals surface area contributed by atoms with Gasteiger partial charge < -0.3 is 14.2 Å². The number of ether oxygens (including phenoxy) is 3. The molecule has 0 saturated carbocycles. The number of benzene rings is 1. The molecule has 0 N–H and O–H groups in total. The van der Waals surface area contributed by atoms with Crippen LogP contribution in [0, 0.1) is 23.7 Å². The topological polar surface area (TPSA) is 44.8 Å². The van der Waals surface area contributed by atoms with Gasteiger partial charge >= 0.3 is 6.16 Å². The van der Waals surface area contributed by atoms with Gasteiger partial charge in [-0.25, -0.2) is 4.79 Å². The van der Waals surface area contributed by atoms with Gasteiger partial charge in [0.2, 0.25) is 0 Å². The summed E-state index contributed by atoms with van der Waals surface area (Å²) in [5, 5.41) is 0. The van der Waals surface area contributed by atoms with E-state index < -0.39 is 6.16 Å². The summed E-state index contributed by atoms with van der Waals surface area (Å²) >= 11 is 8.01. The molecule has 0 amide bonds. The van der Waals surface area contributed by atoms with Crippen LogP contribution in [0.1, 0.15) is 79.1 Å². The molecule has 0 aliphatic carbocycles. The minimum Gasteiger partial charge on any atom is -0.430 e. The van der Waals surface area contributed by atoms with Crippen LogP contribution >= 0.6 is 47.0 Å². The Bertz CT molecular complexity index is 784. The molecule has 42 heavy (non-hydrogen) atoms. The second kappa shape index (κ2) is 25.1. The van der Waals surface area contributed by atoms with Gasteiger partial charge in [0.05, 0.1) is 13.2 Å². The summed E-state index contributed by atoms with van der Waals surface area (Å²) in [6, 6.07) is 10.8. The summed E-state index contributed by atoms with van der Waals surface area (Å²) in [5.41, 5.74) is 0. The van der Waals surface area contributed by atoms with Gasteiger partial charge in [0.15, 0.2) is 0 Å². The van der Waals surface area contributed by atoms with Crippen molar-refractivity contribution in [2.45, 2.75) is 90.1 Å². The van der Waals surface area contributed by atoms with Crippen LogP contribution < -0.4 is 0 Å². The van der Waals surface area contributed by atoms with Gasteiger partial charge in [0.25, 0.3) is 0 Å². The highest BCUT2D eigenvalue weighted by Crippen LogP contribution is 2.32. The van der Waals surface area contributed by atoms with Crippen molar-refractivity contribution in [2.24, 2.45) is 23.7 Å². The van der Waals surface area contributed by atoms with Crippen molar-refractivity contribution in [2.75, 3.05) is 60.1 Å². The molecule has 1 fully saturated rings. The third kappa shape index (κ3) is 19.3. The van der Waals surface area contributed by atoms with Crippen molar-refractivity contribution >= 4 is 53.2 Å². The lowest BCUT2D eigenvalue weighted by Crippen LogP contribution is -2.16. The average molecular weight is 659 g/mol. The van der Waals surface area contributed by atoms with E-state index in [0.29, 0.717) is 6.61 Å². The zero-order valence-electron chi connectivity index (χ0n) is 26.8. The molecule has 1 aliphatic rings. The molecule has 2 rings (SSSR count). The first-order valence-electron chi connectivity index (χ1n) is 16.3. The predicted molar refractivity (Wildman–Crippen MR) is 190 cm³/mol. The minimum absolute atomic E-state index is 0.0704. The number of cyclic esters (lactones) is 2. The molecule has 5 atom stereocenters. The van der Waals surface area contributed by atoms with Crippen LogP contribution in [-0.2, 0) is 14.2 Å². The van der Waals surface area contributed by atoms with Crippen LogP contribution in [0.3, 0.4) is 0 Å². The SMILES string of the molecule is CCC(C)CCSCCOCCSCCC(C)CC(CCSc1ccccc1)CC(CC)CCSCC1COC(=O)O1. The van der Waals surface area contributed by atoms with Gasteiger partial charge in [-0.15, -0.1) is 11.8 Å². The molecule has 1 saturated heterocycles. The third-order valence-electron chi connectivity index (χ3n) is 8.09. The zero-order chi connectivity index (χ0) is 30.3. The second-order valence-corrected chi connectivity index (χ2v) is 16.5. The Hall–Kier alpha value is -0.150. The van der Waals surface area contributed by atoms with Crippen molar-refractivity contribution in [3.05, 3.63) is 30.3 Å². The van der Waals surface area contributed by atoms with Crippen molar-refractivity contribution in [1.82, 2.24) is 0 Å². The summed E-state index contributed by atoms with van der Waals surface area (Å²) < 4.78 is 16.0. The summed E-state index contributed by atoms with van der Waals surface area (Å²) in [6.45, 7) is 11.6. The highest BCUT2D eigenvalue weighted by Gasteiger charge is 2.25. The maximum Gasteiger partial charge on any atom is 0.508 e. The number of carbonyl (C=O) groups is 1. The number of carbonyl (C=O) groups excluding carboxylic acids is 1. The Morgan fingerprint density at radius 2 is 1.45 bits per heavy atom. The van der Waals surface area contributed by atoms with Gasteiger partial charge in [0.1, 0.15) is 12.7 Å². The molecule has 0 radical (unpaired) electrons. The second-order valence-electron chi connectivity index (χ2n) is 11.8. The van der Waals surface area contributed by atoms with E-state index in [1.54, 1.807) is 0 Å². The largest absolute Gasteiger partial charge is 0.508 e. The molecule has 1 heterocycles. The van der Waals surface area contributed by atoms with E-state index in [1.807, 2.05) is 35.3 Å². The maximum absolute atomic E-state index is 11.2. The highest BCUT2D eigenvalue weighted by atomic mass is 32.2. The van der Waals surface area contributed by atoms with E-state index in [1.165, 1.54) is 73.5 Å². The lowest BCUT2D eigenvalue weighted by molar-refractivity contribution is 0.122. The van der Waals surface area contributed by atoms with Crippen molar-refractivity contribution < 1.29 is 19.0 Å². The molecule has 0 aromatic heterocycles. The van der Waals surface area contributed by atoms with Gasteiger partial charge in [-0.2, -0.15) is 35.3 Å². The summed E-state index contributed by atoms with van der Waals surface area (Å²) in [4.78, 5) is 12.5. The van der Waals surface area contributed by atoms with E-state index in [-0.39, 0.29) is 6.10 Å². The Kier molecular flexibility index (Phi) is 22.7. The average Bonchev–Trinajstić information content (AvgIpc) is 3.42. The minimum atomic E-state index is -0.512. The lowest BCUT2D eigenvalue weighted by atomic mass is 9.83.